The zero-order chi connectivity index (χ0) is 18.4. The second-order valence-corrected chi connectivity index (χ2v) is 8.11. The first-order chi connectivity index (χ1) is 12.6. The van der Waals surface area contributed by atoms with Gasteiger partial charge in [0.25, 0.3) is 0 Å². The van der Waals surface area contributed by atoms with Crippen molar-refractivity contribution >= 4 is 21.4 Å². The predicted molar refractivity (Wildman–Crippen MR) is 99.0 cm³/mol. The fourth-order valence-electron chi connectivity index (χ4n) is 2.13. The van der Waals surface area contributed by atoms with Crippen molar-refractivity contribution in [2.45, 2.75) is 4.21 Å². The van der Waals surface area contributed by atoms with Crippen LogP contribution in [-0.2, 0) is 10.0 Å². The van der Waals surface area contributed by atoms with E-state index in [-0.39, 0.29) is 17.4 Å². The number of nitrogens with one attached hydrogen (secondary N) is 1. The lowest BCUT2D eigenvalue weighted by Gasteiger charge is -2.07. The lowest BCUT2D eigenvalue weighted by molar-refractivity contribution is 0.307. The number of benzene rings is 1. The Kier molecular flexibility index (Phi) is 5.82. The Balaban J connectivity index is 1.51. The average molecular weight is 391 g/mol. The molecule has 0 atom stereocenters. The third-order valence-corrected chi connectivity index (χ3v) is 6.29. The molecule has 0 spiro atoms. The highest BCUT2D eigenvalue weighted by atomic mass is 32.2. The molecule has 0 aliphatic heterocycles. The molecule has 0 fully saturated rings. The van der Waals surface area contributed by atoms with Gasteiger partial charge in [0, 0.05) is 18.2 Å². The molecule has 0 aliphatic carbocycles. The van der Waals surface area contributed by atoms with Crippen LogP contribution in [0.25, 0.3) is 11.3 Å². The molecule has 3 aromatic rings. The summed E-state index contributed by atoms with van der Waals surface area (Å²) >= 11 is 1.16. The van der Waals surface area contributed by atoms with Gasteiger partial charge in [-0.1, -0.05) is 6.07 Å². The summed E-state index contributed by atoms with van der Waals surface area (Å²) in [5, 5.41) is 9.84. The van der Waals surface area contributed by atoms with Gasteiger partial charge in [-0.15, -0.1) is 21.5 Å². The van der Waals surface area contributed by atoms with Crippen LogP contribution < -0.4 is 14.2 Å². The van der Waals surface area contributed by atoms with E-state index in [9.17, 15) is 8.42 Å². The zero-order valence-electron chi connectivity index (χ0n) is 14.0. The predicted octanol–water partition coefficient (Wildman–Crippen LogP) is 2.57. The number of nitrogens with zero attached hydrogens (tertiary/aromatic N) is 2. The summed E-state index contributed by atoms with van der Waals surface area (Å²) in [5.41, 5.74) is 1.62. The molecule has 136 valence electrons. The van der Waals surface area contributed by atoms with E-state index in [4.69, 9.17) is 9.47 Å². The van der Waals surface area contributed by atoms with Crippen molar-refractivity contribution in [2.24, 2.45) is 0 Å². The van der Waals surface area contributed by atoms with E-state index < -0.39 is 10.0 Å². The minimum atomic E-state index is -3.48. The number of hydrogen-bond donors (Lipinski definition) is 1. The lowest BCUT2D eigenvalue weighted by atomic mass is 10.1. The van der Waals surface area contributed by atoms with Crippen molar-refractivity contribution in [2.75, 3.05) is 20.3 Å². The number of hydrogen-bond acceptors (Lipinski definition) is 7. The Morgan fingerprint density at radius 3 is 2.50 bits per heavy atom. The number of rotatable bonds is 8. The molecule has 0 radical (unpaired) electrons. The molecule has 7 nitrogen and oxygen atoms in total. The molecule has 1 aromatic carbocycles. The first-order valence-electron chi connectivity index (χ1n) is 7.72. The Labute approximate surface area is 155 Å². The molecule has 26 heavy (non-hydrogen) atoms. The second kappa shape index (κ2) is 8.26. The molecule has 0 saturated heterocycles. The SMILES string of the molecule is COc1ccc(-c2ccc(OCCNS(=O)(=O)c3cccs3)nn2)cc1. The van der Waals surface area contributed by atoms with Crippen LogP contribution in [0.4, 0.5) is 0 Å². The second-order valence-electron chi connectivity index (χ2n) is 5.16. The molecule has 9 heteroatoms. The third kappa shape index (κ3) is 4.57. The lowest BCUT2D eigenvalue weighted by Crippen LogP contribution is -2.27. The van der Waals surface area contributed by atoms with Crippen LogP contribution >= 0.6 is 11.3 Å². The van der Waals surface area contributed by atoms with Gasteiger partial charge in [-0.2, -0.15) is 0 Å². The molecule has 0 aliphatic rings. The van der Waals surface area contributed by atoms with Crippen molar-refractivity contribution in [1.82, 2.24) is 14.9 Å². The summed E-state index contributed by atoms with van der Waals surface area (Å²) in [5.74, 6) is 1.10. The highest BCUT2D eigenvalue weighted by molar-refractivity contribution is 7.91. The molecule has 0 unspecified atom stereocenters. The quantitative estimate of drug-likeness (QED) is 0.594. The molecule has 0 saturated carbocycles. The Morgan fingerprint density at radius 2 is 1.88 bits per heavy atom. The van der Waals surface area contributed by atoms with Crippen molar-refractivity contribution < 1.29 is 17.9 Å². The number of thiophene rings is 1. The first kappa shape index (κ1) is 18.3. The minimum absolute atomic E-state index is 0.141. The topological polar surface area (TPSA) is 90.4 Å². The van der Waals surface area contributed by atoms with Crippen LogP contribution in [0.1, 0.15) is 0 Å². The smallest absolute Gasteiger partial charge is 0.250 e. The highest BCUT2D eigenvalue weighted by Crippen LogP contribution is 2.21. The molecule has 2 heterocycles. The summed E-state index contributed by atoms with van der Waals surface area (Å²) in [6.45, 7) is 0.295. The first-order valence-corrected chi connectivity index (χ1v) is 10.1. The summed E-state index contributed by atoms with van der Waals surface area (Å²) in [7, 11) is -1.87. The zero-order valence-corrected chi connectivity index (χ0v) is 15.6. The maximum Gasteiger partial charge on any atom is 0.250 e. The van der Waals surface area contributed by atoms with E-state index in [1.807, 2.05) is 24.3 Å². The standard InChI is InChI=1S/C17H17N3O4S2/c1-23-14-6-4-13(5-7-14)15-8-9-16(20-19-15)24-11-10-18-26(21,22)17-3-2-12-25-17/h2-9,12,18H,10-11H2,1H3. The number of methoxy groups -OCH3 is 1. The van der Waals surface area contributed by atoms with Gasteiger partial charge < -0.3 is 9.47 Å². The van der Waals surface area contributed by atoms with E-state index in [2.05, 4.69) is 14.9 Å². The fourth-order valence-corrected chi connectivity index (χ4v) is 4.18. The van der Waals surface area contributed by atoms with Gasteiger partial charge in [-0.25, -0.2) is 13.1 Å². The normalized spacial score (nSPS) is 11.3. The Hall–Kier alpha value is -2.49. The summed E-state index contributed by atoms with van der Waals surface area (Å²) in [6.07, 6.45) is 0. The largest absolute Gasteiger partial charge is 0.497 e. The molecule has 0 amide bonds. The fraction of sp³-hybridized carbons (Fsp3) is 0.176. The van der Waals surface area contributed by atoms with Crippen LogP contribution in [0, 0.1) is 0 Å². The summed E-state index contributed by atoms with van der Waals surface area (Å²) < 4.78 is 37.2. The number of sulfonamides is 1. The van der Waals surface area contributed by atoms with Gasteiger partial charge in [0.1, 0.15) is 16.6 Å². The molecule has 0 bridgehead atoms. The van der Waals surface area contributed by atoms with E-state index >= 15 is 0 Å². The van der Waals surface area contributed by atoms with Gasteiger partial charge in [0.2, 0.25) is 15.9 Å². The van der Waals surface area contributed by atoms with Crippen LogP contribution in [0.2, 0.25) is 0 Å². The van der Waals surface area contributed by atoms with Crippen molar-refractivity contribution in [3.05, 3.63) is 53.9 Å². The van der Waals surface area contributed by atoms with Crippen LogP contribution in [0.3, 0.4) is 0 Å². The number of ether oxygens (including phenoxy) is 2. The molecule has 3 rings (SSSR count). The molecule has 1 N–H and O–H groups in total. The maximum absolute atomic E-state index is 12.0. The Bertz CT molecular complexity index is 925. The number of aromatic nitrogens is 2. The van der Waals surface area contributed by atoms with Gasteiger partial charge in [0.05, 0.1) is 12.8 Å². The summed E-state index contributed by atoms with van der Waals surface area (Å²) in [4.78, 5) is 0. The average Bonchev–Trinajstić information content (AvgIpc) is 3.22. The van der Waals surface area contributed by atoms with Crippen molar-refractivity contribution in [3.63, 3.8) is 0 Å². The van der Waals surface area contributed by atoms with Gasteiger partial charge in [-0.3, -0.25) is 0 Å². The molecule has 2 aromatic heterocycles. The van der Waals surface area contributed by atoms with Crippen molar-refractivity contribution in [1.29, 1.82) is 0 Å². The molecular formula is C17H17N3O4S2. The third-order valence-electron chi connectivity index (χ3n) is 3.43. The van der Waals surface area contributed by atoms with Crippen LogP contribution in [0.15, 0.2) is 58.1 Å². The van der Waals surface area contributed by atoms with Crippen molar-refractivity contribution in [3.8, 4) is 22.9 Å². The van der Waals surface area contributed by atoms with Crippen LogP contribution in [-0.4, -0.2) is 38.9 Å². The Morgan fingerprint density at radius 1 is 1.08 bits per heavy atom. The molecular weight excluding hydrogens is 374 g/mol. The monoisotopic (exact) mass is 391 g/mol. The van der Waals surface area contributed by atoms with E-state index in [1.54, 1.807) is 36.8 Å². The minimum Gasteiger partial charge on any atom is -0.497 e. The van der Waals surface area contributed by atoms with E-state index in [0.29, 0.717) is 11.6 Å². The highest BCUT2D eigenvalue weighted by Gasteiger charge is 2.14. The van der Waals surface area contributed by atoms with Gasteiger partial charge in [-0.05, 0) is 41.8 Å². The van der Waals surface area contributed by atoms with E-state index in [0.717, 1.165) is 22.6 Å². The van der Waals surface area contributed by atoms with Gasteiger partial charge in [0.15, 0.2) is 0 Å². The van der Waals surface area contributed by atoms with Gasteiger partial charge >= 0.3 is 0 Å². The van der Waals surface area contributed by atoms with Crippen LogP contribution in [0.5, 0.6) is 11.6 Å². The van der Waals surface area contributed by atoms with E-state index in [1.165, 1.54) is 0 Å². The maximum atomic E-state index is 12.0. The summed E-state index contributed by atoms with van der Waals surface area (Å²) in [6, 6.07) is 14.2.